The maximum Gasteiger partial charge on any atom is 0.0713 e. The first-order chi connectivity index (χ1) is 9.25. The van der Waals surface area contributed by atoms with E-state index in [4.69, 9.17) is 4.74 Å². The van der Waals surface area contributed by atoms with Crippen LogP contribution in [0.25, 0.3) is 0 Å². The van der Waals surface area contributed by atoms with E-state index >= 15 is 0 Å². The second-order valence-corrected chi connectivity index (χ2v) is 6.06. The van der Waals surface area contributed by atoms with E-state index in [2.05, 4.69) is 32.0 Å². The molecule has 1 aromatic rings. The molecule has 2 rings (SSSR count). The molecule has 1 aliphatic rings. The van der Waals surface area contributed by atoms with Gasteiger partial charge in [0, 0.05) is 7.11 Å². The monoisotopic (exact) mass is 260 g/mol. The summed E-state index contributed by atoms with van der Waals surface area (Å²) >= 11 is 0. The summed E-state index contributed by atoms with van der Waals surface area (Å²) in [7, 11) is 1.78. The summed E-state index contributed by atoms with van der Waals surface area (Å²) in [5, 5.41) is 0. The fourth-order valence-electron chi connectivity index (χ4n) is 3.98. The van der Waals surface area contributed by atoms with Gasteiger partial charge in [0.05, 0.1) is 6.61 Å². The van der Waals surface area contributed by atoms with E-state index in [-0.39, 0.29) is 0 Å². The lowest BCUT2D eigenvalue weighted by atomic mass is 9.65. The third-order valence-electron chi connectivity index (χ3n) is 4.61. The smallest absolute Gasteiger partial charge is 0.0713 e. The lowest BCUT2D eigenvalue weighted by molar-refractivity contribution is 0.184. The summed E-state index contributed by atoms with van der Waals surface area (Å²) in [6.45, 7) is 5.39. The Hall–Kier alpha value is -0.820. The average molecular weight is 260 g/mol. The van der Waals surface area contributed by atoms with Crippen molar-refractivity contribution in [1.82, 2.24) is 0 Å². The van der Waals surface area contributed by atoms with Gasteiger partial charge in [-0.05, 0) is 54.2 Å². The van der Waals surface area contributed by atoms with Crippen molar-refractivity contribution in [2.24, 2.45) is 0 Å². The number of hydrogen-bond acceptors (Lipinski definition) is 1. The van der Waals surface area contributed by atoms with Crippen LogP contribution in [-0.4, -0.2) is 7.11 Å². The quantitative estimate of drug-likeness (QED) is 0.699. The highest BCUT2D eigenvalue weighted by Crippen LogP contribution is 2.44. The lowest BCUT2D eigenvalue weighted by Gasteiger charge is -2.39. The van der Waals surface area contributed by atoms with Crippen molar-refractivity contribution in [3.05, 3.63) is 34.9 Å². The van der Waals surface area contributed by atoms with E-state index in [1.807, 2.05) is 0 Å². The molecule has 0 amide bonds. The van der Waals surface area contributed by atoms with Crippen LogP contribution in [0.5, 0.6) is 0 Å². The number of hydrogen-bond donors (Lipinski definition) is 0. The standard InChI is InChI=1S/C18H28O/c1-4-10-18(11-5-2)12-6-7-16-13-15(14-19-3)8-9-17(16)18/h8-9,13H,4-7,10-12,14H2,1-3H3. The number of benzene rings is 1. The number of methoxy groups -OCH3 is 1. The van der Waals surface area contributed by atoms with Crippen LogP contribution in [0.3, 0.4) is 0 Å². The lowest BCUT2D eigenvalue weighted by Crippen LogP contribution is -2.31. The maximum absolute atomic E-state index is 5.27. The number of ether oxygens (including phenoxy) is 1. The van der Waals surface area contributed by atoms with Gasteiger partial charge in [0.2, 0.25) is 0 Å². The molecule has 0 unspecified atom stereocenters. The highest BCUT2D eigenvalue weighted by molar-refractivity contribution is 5.39. The number of aryl methyl sites for hydroxylation is 1. The minimum atomic E-state index is 0.461. The maximum atomic E-state index is 5.27. The van der Waals surface area contributed by atoms with Crippen molar-refractivity contribution in [3.63, 3.8) is 0 Å². The Morgan fingerprint density at radius 2 is 1.89 bits per heavy atom. The predicted octanol–water partition coefficient (Wildman–Crippen LogP) is 5.01. The summed E-state index contributed by atoms with van der Waals surface area (Å²) in [5.74, 6) is 0. The Morgan fingerprint density at radius 1 is 1.16 bits per heavy atom. The van der Waals surface area contributed by atoms with Crippen molar-refractivity contribution in [3.8, 4) is 0 Å². The molecule has 19 heavy (non-hydrogen) atoms. The number of fused-ring (bicyclic) bond motifs is 1. The topological polar surface area (TPSA) is 9.23 Å². The SMILES string of the molecule is CCCC1(CCC)CCCc2cc(COC)ccc21. The van der Waals surface area contributed by atoms with Crippen LogP contribution in [0.2, 0.25) is 0 Å². The number of rotatable bonds is 6. The van der Waals surface area contributed by atoms with Gasteiger partial charge in [-0.2, -0.15) is 0 Å². The minimum absolute atomic E-state index is 0.461. The Bertz CT molecular complexity index is 402. The molecule has 0 bridgehead atoms. The van der Waals surface area contributed by atoms with Crippen LogP contribution >= 0.6 is 0 Å². The highest BCUT2D eigenvalue weighted by atomic mass is 16.5. The fraction of sp³-hybridized carbons (Fsp3) is 0.667. The van der Waals surface area contributed by atoms with Crippen LogP contribution < -0.4 is 0 Å². The molecule has 1 aromatic carbocycles. The zero-order valence-electron chi connectivity index (χ0n) is 12.8. The summed E-state index contributed by atoms with van der Waals surface area (Å²) in [6.07, 6.45) is 9.25. The van der Waals surface area contributed by atoms with Crippen molar-refractivity contribution in [1.29, 1.82) is 0 Å². The molecule has 1 aliphatic carbocycles. The third kappa shape index (κ3) is 3.02. The molecule has 0 radical (unpaired) electrons. The summed E-state index contributed by atoms with van der Waals surface area (Å²) < 4.78 is 5.27. The normalized spacial score (nSPS) is 17.2. The molecule has 0 spiro atoms. The van der Waals surface area contributed by atoms with Gasteiger partial charge in [-0.25, -0.2) is 0 Å². The summed E-state index contributed by atoms with van der Waals surface area (Å²) in [4.78, 5) is 0. The molecule has 0 saturated carbocycles. The van der Waals surface area contributed by atoms with Gasteiger partial charge < -0.3 is 4.74 Å². The van der Waals surface area contributed by atoms with E-state index in [9.17, 15) is 0 Å². The Labute approximate surface area is 118 Å². The van der Waals surface area contributed by atoms with Gasteiger partial charge in [0.15, 0.2) is 0 Å². The van der Waals surface area contributed by atoms with Gasteiger partial charge in [-0.15, -0.1) is 0 Å². The van der Waals surface area contributed by atoms with Crippen LogP contribution in [0, 0.1) is 0 Å². The summed E-state index contributed by atoms with van der Waals surface area (Å²) in [5.41, 5.74) is 5.01. The molecule has 0 aliphatic heterocycles. The Balaban J connectivity index is 2.36. The third-order valence-corrected chi connectivity index (χ3v) is 4.61. The van der Waals surface area contributed by atoms with Crippen LogP contribution in [-0.2, 0) is 23.2 Å². The van der Waals surface area contributed by atoms with E-state index in [0.29, 0.717) is 5.41 Å². The van der Waals surface area contributed by atoms with Gasteiger partial charge in [-0.1, -0.05) is 44.9 Å². The van der Waals surface area contributed by atoms with Gasteiger partial charge in [0.1, 0.15) is 0 Å². The van der Waals surface area contributed by atoms with Crippen LogP contribution in [0.4, 0.5) is 0 Å². The van der Waals surface area contributed by atoms with Gasteiger partial charge in [0.25, 0.3) is 0 Å². The van der Waals surface area contributed by atoms with E-state index in [1.165, 1.54) is 50.5 Å². The molecule has 0 atom stereocenters. The molecule has 0 N–H and O–H groups in total. The molecule has 0 saturated heterocycles. The Kier molecular flexibility index (Phi) is 5.04. The summed E-state index contributed by atoms with van der Waals surface area (Å²) in [6, 6.07) is 7.06. The molecular formula is C18H28O. The first-order valence-corrected chi connectivity index (χ1v) is 7.87. The zero-order chi connectivity index (χ0) is 13.7. The second-order valence-electron chi connectivity index (χ2n) is 6.06. The minimum Gasteiger partial charge on any atom is -0.380 e. The highest BCUT2D eigenvalue weighted by Gasteiger charge is 2.34. The molecule has 106 valence electrons. The van der Waals surface area contributed by atoms with E-state index < -0.39 is 0 Å². The molecular weight excluding hydrogens is 232 g/mol. The van der Waals surface area contributed by atoms with Crippen molar-refractivity contribution in [2.75, 3.05) is 7.11 Å². The molecule has 1 heteroatoms. The second kappa shape index (κ2) is 6.56. The van der Waals surface area contributed by atoms with Gasteiger partial charge in [-0.3, -0.25) is 0 Å². The Morgan fingerprint density at radius 3 is 2.53 bits per heavy atom. The molecule has 0 fully saturated rings. The van der Waals surface area contributed by atoms with Crippen molar-refractivity contribution >= 4 is 0 Å². The first kappa shape index (κ1) is 14.6. The first-order valence-electron chi connectivity index (χ1n) is 7.87. The predicted molar refractivity (Wildman–Crippen MR) is 81.6 cm³/mol. The largest absolute Gasteiger partial charge is 0.380 e. The van der Waals surface area contributed by atoms with E-state index in [1.54, 1.807) is 18.2 Å². The van der Waals surface area contributed by atoms with Crippen LogP contribution in [0.1, 0.15) is 69.1 Å². The fourth-order valence-corrected chi connectivity index (χ4v) is 3.98. The zero-order valence-corrected chi connectivity index (χ0v) is 12.8. The van der Waals surface area contributed by atoms with E-state index in [0.717, 1.165) is 6.61 Å². The molecule has 0 aromatic heterocycles. The molecule has 1 nitrogen and oxygen atoms in total. The van der Waals surface area contributed by atoms with Crippen molar-refractivity contribution < 1.29 is 4.74 Å². The van der Waals surface area contributed by atoms with Crippen LogP contribution in [0.15, 0.2) is 18.2 Å². The molecule has 0 heterocycles. The van der Waals surface area contributed by atoms with Gasteiger partial charge >= 0.3 is 0 Å². The average Bonchev–Trinajstić information content (AvgIpc) is 2.40. The van der Waals surface area contributed by atoms with Crippen molar-refractivity contribution in [2.45, 2.75) is 70.8 Å².